The van der Waals surface area contributed by atoms with Crippen LogP contribution >= 0.6 is 0 Å². The molecule has 0 aliphatic heterocycles. The van der Waals surface area contributed by atoms with Gasteiger partial charge in [-0.3, -0.25) is 4.79 Å². The summed E-state index contributed by atoms with van der Waals surface area (Å²) in [6.45, 7) is 7.66. The first-order chi connectivity index (χ1) is 9.04. The summed E-state index contributed by atoms with van der Waals surface area (Å²) in [5, 5.41) is 2.71. The Morgan fingerprint density at radius 3 is 2.79 bits per heavy atom. The first-order valence-electron chi connectivity index (χ1n) is 6.43. The monoisotopic (exact) mass is 262 g/mol. The van der Waals surface area contributed by atoms with E-state index in [0.717, 1.165) is 12.0 Å². The third-order valence-electron chi connectivity index (χ3n) is 2.61. The standard InChI is InChI=1S/C15H22N2O2/c1-4-9-17-15(18)12(3)19-14-8-6-5-7-13(14)10-11(2)16/h4-8,11-12H,1,9-10,16H2,2-3H3,(H,17,18). The molecule has 3 N–H and O–H groups in total. The zero-order chi connectivity index (χ0) is 14.3. The predicted molar refractivity (Wildman–Crippen MR) is 77.1 cm³/mol. The van der Waals surface area contributed by atoms with E-state index >= 15 is 0 Å². The van der Waals surface area contributed by atoms with E-state index in [2.05, 4.69) is 11.9 Å². The quantitative estimate of drug-likeness (QED) is 0.734. The van der Waals surface area contributed by atoms with Crippen LogP contribution in [0.15, 0.2) is 36.9 Å². The van der Waals surface area contributed by atoms with Crippen molar-refractivity contribution in [2.24, 2.45) is 5.73 Å². The van der Waals surface area contributed by atoms with Gasteiger partial charge in [-0.1, -0.05) is 24.3 Å². The first kappa shape index (κ1) is 15.2. The normalized spacial score (nSPS) is 13.4. The fourth-order valence-corrected chi connectivity index (χ4v) is 1.69. The fraction of sp³-hybridized carbons (Fsp3) is 0.400. The van der Waals surface area contributed by atoms with Gasteiger partial charge in [-0.15, -0.1) is 6.58 Å². The SMILES string of the molecule is C=CCNC(=O)C(C)Oc1ccccc1CC(C)N. The number of para-hydroxylation sites is 1. The lowest BCUT2D eigenvalue weighted by molar-refractivity contribution is -0.127. The van der Waals surface area contributed by atoms with Crippen LogP contribution in [0.5, 0.6) is 5.75 Å². The summed E-state index contributed by atoms with van der Waals surface area (Å²) in [5.41, 5.74) is 6.82. The highest BCUT2D eigenvalue weighted by atomic mass is 16.5. The van der Waals surface area contributed by atoms with Crippen molar-refractivity contribution < 1.29 is 9.53 Å². The molecule has 1 amide bonds. The van der Waals surface area contributed by atoms with Crippen LogP contribution in [0.3, 0.4) is 0 Å². The molecule has 1 aromatic carbocycles. The highest BCUT2D eigenvalue weighted by molar-refractivity contribution is 5.80. The molecule has 0 saturated heterocycles. The molecule has 2 unspecified atom stereocenters. The van der Waals surface area contributed by atoms with Crippen LogP contribution in [0.4, 0.5) is 0 Å². The van der Waals surface area contributed by atoms with Crippen molar-refractivity contribution in [3.8, 4) is 5.75 Å². The second kappa shape index (κ2) is 7.59. The molecule has 0 aliphatic carbocycles. The Morgan fingerprint density at radius 1 is 1.47 bits per heavy atom. The van der Waals surface area contributed by atoms with Crippen LogP contribution in [0.1, 0.15) is 19.4 Å². The molecule has 19 heavy (non-hydrogen) atoms. The van der Waals surface area contributed by atoms with Crippen molar-refractivity contribution in [3.63, 3.8) is 0 Å². The van der Waals surface area contributed by atoms with E-state index in [4.69, 9.17) is 10.5 Å². The highest BCUT2D eigenvalue weighted by Gasteiger charge is 2.15. The maximum Gasteiger partial charge on any atom is 0.261 e. The van der Waals surface area contributed by atoms with Crippen molar-refractivity contribution >= 4 is 5.91 Å². The summed E-state index contributed by atoms with van der Waals surface area (Å²) < 4.78 is 5.70. The highest BCUT2D eigenvalue weighted by Crippen LogP contribution is 2.20. The van der Waals surface area contributed by atoms with Crippen LogP contribution in [-0.4, -0.2) is 24.6 Å². The Labute approximate surface area is 114 Å². The minimum absolute atomic E-state index is 0.0506. The van der Waals surface area contributed by atoms with Crippen LogP contribution in [-0.2, 0) is 11.2 Å². The molecule has 0 bridgehead atoms. The zero-order valence-corrected chi connectivity index (χ0v) is 11.6. The lowest BCUT2D eigenvalue weighted by Gasteiger charge is -2.17. The van der Waals surface area contributed by atoms with Crippen molar-refractivity contribution in [3.05, 3.63) is 42.5 Å². The molecule has 0 heterocycles. The van der Waals surface area contributed by atoms with Crippen molar-refractivity contribution in [2.75, 3.05) is 6.54 Å². The topological polar surface area (TPSA) is 64.3 Å². The van der Waals surface area contributed by atoms with Crippen LogP contribution in [0.25, 0.3) is 0 Å². The van der Waals surface area contributed by atoms with E-state index in [0.29, 0.717) is 12.3 Å². The van der Waals surface area contributed by atoms with Gasteiger partial charge in [-0.2, -0.15) is 0 Å². The van der Waals surface area contributed by atoms with Gasteiger partial charge in [-0.25, -0.2) is 0 Å². The smallest absolute Gasteiger partial charge is 0.261 e. The second-order valence-corrected chi connectivity index (χ2v) is 4.58. The molecule has 1 rings (SSSR count). The van der Waals surface area contributed by atoms with E-state index in [1.807, 2.05) is 31.2 Å². The van der Waals surface area contributed by atoms with Crippen LogP contribution < -0.4 is 15.8 Å². The Balaban J connectivity index is 2.70. The first-order valence-corrected chi connectivity index (χ1v) is 6.43. The predicted octanol–water partition coefficient (Wildman–Crippen LogP) is 1.65. The molecule has 0 fully saturated rings. The lowest BCUT2D eigenvalue weighted by atomic mass is 10.1. The molecule has 2 atom stereocenters. The van der Waals surface area contributed by atoms with Gasteiger partial charge in [0.15, 0.2) is 6.10 Å². The Kier molecular flexibility index (Phi) is 6.09. The van der Waals surface area contributed by atoms with Gasteiger partial charge >= 0.3 is 0 Å². The van der Waals surface area contributed by atoms with E-state index < -0.39 is 6.10 Å². The third kappa shape index (κ3) is 5.14. The van der Waals surface area contributed by atoms with E-state index in [1.54, 1.807) is 13.0 Å². The molecule has 4 nitrogen and oxygen atoms in total. The summed E-state index contributed by atoms with van der Waals surface area (Å²) in [6.07, 6.45) is 1.81. The van der Waals surface area contributed by atoms with E-state index in [9.17, 15) is 4.79 Å². The second-order valence-electron chi connectivity index (χ2n) is 4.58. The molecule has 4 heteroatoms. The molecule has 0 spiro atoms. The third-order valence-corrected chi connectivity index (χ3v) is 2.61. The average Bonchev–Trinajstić information content (AvgIpc) is 2.37. The molecular weight excluding hydrogens is 240 g/mol. The summed E-state index contributed by atoms with van der Waals surface area (Å²) in [7, 11) is 0. The van der Waals surface area contributed by atoms with E-state index in [-0.39, 0.29) is 11.9 Å². The van der Waals surface area contributed by atoms with Crippen LogP contribution in [0.2, 0.25) is 0 Å². The molecule has 104 valence electrons. The largest absolute Gasteiger partial charge is 0.481 e. The number of ether oxygens (including phenoxy) is 1. The molecule has 0 saturated carbocycles. The summed E-state index contributed by atoms with van der Waals surface area (Å²) in [6, 6.07) is 7.69. The van der Waals surface area contributed by atoms with Gasteiger partial charge in [0.25, 0.3) is 5.91 Å². The van der Waals surface area contributed by atoms with Gasteiger partial charge < -0.3 is 15.8 Å². The van der Waals surface area contributed by atoms with Gasteiger partial charge in [0.05, 0.1) is 0 Å². The number of hydrogen-bond acceptors (Lipinski definition) is 3. The molecule has 1 aromatic rings. The maximum absolute atomic E-state index is 11.7. The summed E-state index contributed by atoms with van der Waals surface area (Å²) >= 11 is 0. The zero-order valence-electron chi connectivity index (χ0n) is 11.6. The van der Waals surface area contributed by atoms with Crippen molar-refractivity contribution in [1.82, 2.24) is 5.32 Å². The average molecular weight is 262 g/mol. The lowest BCUT2D eigenvalue weighted by Crippen LogP contribution is -2.36. The Hall–Kier alpha value is -1.81. The van der Waals surface area contributed by atoms with E-state index in [1.165, 1.54) is 0 Å². The Morgan fingerprint density at radius 2 is 2.16 bits per heavy atom. The van der Waals surface area contributed by atoms with Gasteiger partial charge in [0, 0.05) is 12.6 Å². The number of nitrogens with two attached hydrogens (primary N) is 1. The van der Waals surface area contributed by atoms with Crippen molar-refractivity contribution in [1.29, 1.82) is 0 Å². The van der Waals surface area contributed by atoms with Crippen molar-refractivity contribution in [2.45, 2.75) is 32.4 Å². The number of benzene rings is 1. The number of carbonyl (C=O) groups is 1. The van der Waals surface area contributed by atoms with Gasteiger partial charge in [-0.05, 0) is 31.9 Å². The Bertz CT molecular complexity index is 430. The molecule has 0 aromatic heterocycles. The maximum atomic E-state index is 11.7. The fourth-order valence-electron chi connectivity index (χ4n) is 1.69. The molecule has 0 radical (unpaired) electrons. The summed E-state index contributed by atoms with van der Waals surface area (Å²) in [5.74, 6) is 0.552. The number of carbonyl (C=O) groups excluding carboxylic acids is 1. The summed E-state index contributed by atoms with van der Waals surface area (Å²) in [4.78, 5) is 11.7. The number of amides is 1. The van der Waals surface area contributed by atoms with Crippen LogP contribution in [0, 0.1) is 0 Å². The molecular formula is C15H22N2O2. The van der Waals surface area contributed by atoms with Gasteiger partial charge in [0.1, 0.15) is 5.75 Å². The minimum atomic E-state index is -0.547. The number of rotatable bonds is 7. The molecule has 0 aliphatic rings. The minimum Gasteiger partial charge on any atom is -0.481 e. The number of hydrogen-bond donors (Lipinski definition) is 2. The number of nitrogens with one attached hydrogen (secondary N) is 1. The van der Waals surface area contributed by atoms with Gasteiger partial charge in [0.2, 0.25) is 0 Å².